The van der Waals surface area contributed by atoms with Crippen LogP contribution in [-0.2, 0) is 11.3 Å². The predicted octanol–water partition coefficient (Wildman–Crippen LogP) is 1.98. The van der Waals surface area contributed by atoms with Crippen molar-refractivity contribution >= 4 is 5.91 Å². The number of amides is 1. The van der Waals surface area contributed by atoms with E-state index in [1.165, 1.54) is 0 Å². The summed E-state index contributed by atoms with van der Waals surface area (Å²) >= 11 is 0. The average molecular weight is 250 g/mol. The third kappa shape index (κ3) is 2.93. The van der Waals surface area contributed by atoms with Gasteiger partial charge in [-0.25, -0.2) is 0 Å². The normalized spacial score (nSPS) is 22.7. The van der Waals surface area contributed by atoms with E-state index in [2.05, 4.69) is 24.5 Å². The van der Waals surface area contributed by atoms with Crippen molar-refractivity contribution in [2.45, 2.75) is 46.2 Å². The van der Waals surface area contributed by atoms with Crippen molar-refractivity contribution in [2.75, 3.05) is 6.54 Å². The molecule has 100 valence electrons. The number of carbonyl (C=O) groups excluding carboxylic acids is 1. The topological polar surface area (TPSA) is 54.3 Å². The minimum absolute atomic E-state index is 0.0153. The molecule has 1 aliphatic heterocycles. The zero-order valence-electron chi connectivity index (χ0n) is 11.4. The van der Waals surface area contributed by atoms with Gasteiger partial charge in [0, 0.05) is 0 Å². The summed E-state index contributed by atoms with van der Waals surface area (Å²) in [5, 5.41) is 6.25. The van der Waals surface area contributed by atoms with Gasteiger partial charge in [0.05, 0.1) is 12.6 Å². The molecule has 0 aromatic carbocycles. The number of piperidine rings is 1. The fraction of sp³-hybridized carbons (Fsp3) is 0.643. The van der Waals surface area contributed by atoms with Crippen molar-refractivity contribution in [2.24, 2.45) is 5.41 Å². The Hall–Kier alpha value is -1.29. The first kappa shape index (κ1) is 13.1. The lowest BCUT2D eigenvalue weighted by molar-refractivity contribution is -0.127. The number of nitrogens with one attached hydrogen (secondary N) is 2. The van der Waals surface area contributed by atoms with Gasteiger partial charge in [-0.3, -0.25) is 4.79 Å². The van der Waals surface area contributed by atoms with Crippen LogP contribution in [0.3, 0.4) is 0 Å². The molecule has 1 unspecified atom stereocenters. The standard InChI is InChI=1S/C14H22N2O2/c1-10-5-6-11(18-10)9-16-13(17)12-14(2,3)7-4-8-15-12/h5-6,12,15H,4,7-9H2,1-3H3,(H,16,17). The first-order valence-electron chi connectivity index (χ1n) is 6.55. The smallest absolute Gasteiger partial charge is 0.238 e. The fourth-order valence-corrected chi connectivity index (χ4v) is 2.52. The molecule has 0 saturated carbocycles. The molecule has 1 fully saturated rings. The molecule has 0 spiro atoms. The summed E-state index contributed by atoms with van der Waals surface area (Å²) in [5.74, 6) is 1.73. The van der Waals surface area contributed by atoms with Gasteiger partial charge in [-0.2, -0.15) is 0 Å². The Bertz CT molecular complexity index is 423. The van der Waals surface area contributed by atoms with Gasteiger partial charge in [-0.1, -0.05) is 13.8 Å². The van der Waals surface area contributed by atoms with Gasteiger partial charge in [0.15, 0.2) is 0 Å². The van der Waals surface area contributed by atoms with E-state index in [1.807, 2.05) is 19.1 Å². The van der Waals surface area contributed by atoms with Crippen molar-refractivity contribution in [1.82, 2.24) is 10.6 Å². The summed E-state index contributed by atoms with van der Waals surface area (Å²) in [4.78, 5) is 12.2. The SMILES string of the molecule is Cc1ccc(CNC(=O)C2NCCCC2(C)C)o1. The molecule has 1 aliphatic rings. The van der Waals surface area contributed by atoms with Crippen LogP contribution in [0.2, 0.25) is 0 Å². The van der Waals surface area contributed by atoms with Crippen LogP contribution < -0.4 is 10.6 Å². The second-order valence-electron chi connectivity index (χ2n) is 5.71. The molecular weight excluding hydrogens is 228 g/mol. The minimum Gasteiger partial charge on any atom is -0.465 e. The van der Waals surface area contributed by atoms with Crippen LogP contribution in [0, 0.1) is 12.3 Å². The molecule has 1 aromatic rings. The second-order valence-corrected chi connectivity index (χ2v) is 5.71. The van der Waals surface area contributed by atoms with E-state index in [4.69, 9.17) is 4.42 Å². The quantitative estimate of drug-likeness (QED) is 0.862. The predicted molar refractivity (Wildman–Crippen MR) is 70.1 cm³/mol. The van der Waals surface area contributed by atoms with Gasteiger partial charge in [0.2, 0.25) is 5.91 Å². The van der Waals surface area contributed by atoms with Gasteiger partial charge in [-0.05, 0) is 43.9 Å². The highest BCUT2D eigenvalue weighted by atomic mass is 16.3. The Balaban J connectivity index is 1.91. The summed E-state index contributed by atoms with van der Waals surface area (Å²) < 4.78 is 5.44. The van der Waals surface area contributed by atoms with Gasteiger partial charge >= 0.3 is 0 Å². The third-order valence-corrected chi connectivity index (χ3v) is 3.62. The monoisotopic (exact) mass is 250 g/mol. The van der Waals surface area contributed by atoms with Crippen molar-refractivity contribution in [3.63, 3.8) is 0 Å². The summed E-state index contributed by atoms with van der Waals surface area (Å²) in [6, 6.07) is 3.70. The Morgan fingerprint density at radius 2 is 2.33 bits per heavy atom. The molecule has 1 saturated heterocycles. The molecular formula is C14H22N2O2. The molecule has 2 rings (SSSR count). The van der Waals surface area contributed by atoms with E-state index in [-0.39, 0.29) is 17.4 Å². The molecule has 4 nitrogen and oxygen atoms in total. The number of rotatable bonds is 3. The maximum absolute atomic E-state index is 12.2. The second kappa shape index (κ2) is 5.14. The highest BCUT2D eigenvalue weighted by Crippen LogP contribution is 2.30. The first-order chi connectivity index (χ1) is 8.49. The lowest BCUT2D eigenvalue weighted by Crippen LogP contribution is -2.55. The molecule has 1 amide bonds. The van der Waals surface area contributed by atoms with Gasteiger partial charge in [0.25, 0.3) is 0 Å². The van der Waals surface area contributed by atoms with Crippen molar-refractivity contribution < 1.29 is 9.21 Å². The van der Waals surface area contributed by atoms with Crippen molar-refractivity contribution in [1.29, 1.82) is 0 Å². The van der Waals surface area contributed by atoms with Crippen LogP contribution in [0.5, 0.6) is 0 Å². The molecule has 1 atom stereocenters. The molecule has 0 radical (unpaired) electrons. The number of hydrogen-bond acceptors (Lipinski definition) is 3. The maximum Gasteiger partial charge on any atom is 0.238 e. The Morgan fingerprint density at radius 3 is 2.94 bits per heavy atom. The lowest BCUT2D eigenvalue weighted by atomic mass is 9.77. The molecule has 4 heteroatoms. The summed E-state index contributed by atoms with van der Waals surface area (Å²) in [5.41, 5.74) is 0.0153. The summed E-state index contributed by atoms with van der Waals surface area (Å²) in [7, 11) is 0. The number of aryl methyl sites for hydroxylation is 1. The zero-order valence-corrected chi connectivity index (χ0v) is 11.4. The molecule has 0 aliphatic carbocycles. The molecule has 2 N–H and O–H groups in total. The van der Waals surface area contributed by atoms with E-state index in [1.54, 1.807) is 0 Å². The number of hydrogen-bond donors (Lipinski definition) is 2. The zero-order chi connectivity index (χ0) is 13.2. The van der Waals surface area contributed by atoms with Crippen LogP contribution in [0.25, 0.3) is 0 Å². The van der Waals surface area contributed by atoms with Gasteiger partial charge < -0.3 is 15.1 Å². The first-order valence-corrected chi connectivity index (χ1v) is 6.55. The Labute approximate surface area is 108 Å². The fourth-order valence-electron chi connectivity index (χ4n) is 2.52. The molecule has 0 bridgehead atoms. The largest absolute Gasteiger partial charge is 0.465 e. The molecule has 2 heterocycles. The van der Waals surface area contributed by atoms with E-state index in [0.717, 1.165) is 30.9 Å². The van der Waals surface area contributed by atoms with Crippen LogP contribution in [0.1, 0.15) is 38.2 Å². The average Bonchev–Trinajstić information content (AvgIpc) is 2.71. The highest BCUT2D eigenvalue weighted by molar-refractivity contribution is 5.82. The minimum atomic E-state index is -0.109. The van der Waals surface area contributed by atoms with Crippen LogP contribution >= 0.6 is 0 Å². The van der Waals surface area contributed by atoms with Crippen molar-refractivity contribution in [3.05, 3.63) is 23.7 Å². The molecule has 1 aromatic heterocycles. The Kier molecular flexibility index (Phi) is 3.76. The maximum atomic E-state index is 12.2. The van der Waals surface area contributed by atoms with Crippen LogP contribution in [-0.4, -0.2) is 18.5 Å². The Morgan fingerprint density at radius 1 is 1.56 bits per heavy atom. The van der Waals surface area contributed by atoms with Crippen molar-refractivity contribution in [3.8, 4) is 0 Å². The van der Waals surface area contributed by atoms with Gasteiger partial charge in [-0.15, -0.1) is 0 Å². The number of furan rings is 1. The third-order valence-electron chi connectivity index (χ3n) is 3.62. The van der Waals surface area contributed by atoms with E-state index in [0.29, 0.717) is 6.54 Å². The number of carbonyl (C=O) groups is 1. The summed E-state index contributed by atoms with van der Waals surface area (Å²) in [6.07, 6.45) is 2.21. The van der Waals surface area contributed by atoms with Crippen LogP contribution in [0.4, 0.5) is 0 Å². The van der Waals surface area contributed by atoms with E-state index < -0.39 is 0 Å². The highest BCUT2D eigenvalue weighted by Gasteiger charge is 2.36. The van der Waals surface area contributed by atoms with E-state index in [9.17, 15) is 4.79 Å². The van der Waals surface area contributed by atoms with Gasteiger partial charge in [0.1, 0.15) is 11.5 Å². The van der Waals surface area contributed by atoms with Crippen LogP contribution in [0.15, 0.2) is 16.5 Å². The summed E-state index contributed by atoms with van der Waals surface area (Å²) in [6.45, 7) is 7.56. The molecule has 18 heavy (non-hydrogen) atoms. The lowest BCUT2D eigenvalue weighted by Gasteiger charge is -2.38. The van der Waals surface area contributed by atoms with E-state index >= 15 is 0 Å².